The number of hydrogen-bond acceptors (Lipinski definition) is 9. The second-order valence-corrected chi connectivity index (χ2v) is 7.77. The van der Waals surface area contributed by atoms with Gasteiger partial charge in [0.1, 0.15) is 23.6 Å². The summed E-state index contributed by atoms with van der Waals surface area (Å²) in [5, 5.41) is 13.1. The van der Waals surface area contributed by atoms with E-state index in [1.807, 2.05) is 6.92 Å². The van der Waals surface area contributed by atoms with E-state index in [1.165, 1.54) is 18.2 Å². The van der Waals surface area contributed by atoms with Crippen LogP contribution in [0.25, 0.3) is 22.5 Å². The molecular formula is C22H28N6O6. The first-order valence-electron chi connectivity index (χ1n) is 11.2. The zero-order valence-electron chi connectivity index (χ0n) is 19.4. The number of furan rings is 1. The van der Waals surface area contributed by atoms with E-state index in [0.717, 1.165) is 6.42 Å². The summed E-state index contributed by atoms with van der Waals surface area (Å²) in [5.41, 5.74) is 1.96. The molecule has 34 heavy (non-hydrogen) atoms. The van der Waals surface area contributed by atoms with Crippen LogP contribution >= 0.6 is 0 Å². The molecule has 1 aliphatic heterocycles. The van der Waals surface area contributed by atoms with Crippen molar-refractivity contribution in [2.45, 2.75) is 45.3 Å². The maximum Gasteiger partial charge on any atom is 0.414 e. The minimum Gasteiger partial charge on any atom is -0.449 e. The van der Waals surface area contributed by atoms with Crippen molar-refractivity contribution < 1.29 is 28.2 Å². The molecule has 1 saturated heterocycles. The van der Waals surface area contributed by atoms with Gasteiger partial charge in [0.05, 0.1) is 24.6 Å². The normalized spacial score (nSPS) is 18.1. The Morgan fingerprint density at radius 3 is 2.85 bits per heavy atom. The summed E-state index contributed by atoms with van der Waals surface area (Å²) in [6.07, 6.45) is 2.90. The van der Waals surface area contributed by atoms with Crippen LogP contribution in [0.5, 0.6) is 0 Å². The molecular weight excluding hydrogens is 444 g/mol. The second-order valence-electron chi connectivity index (χ2n) is 7.77. The molecule has 2 atom stereocenters. The number of carbonyl (C=O) groups is 2. The largest absolute Gasteiger partial charge is 0.449 e. The summed E-state index contributed by atoms with van der Waals surface area (Å²) in [7, 11) is 1.46. The molecule has 0 unspecified atom stereocenters. The number of anilines is 1. The molecule has 12 nitrogen and oxygen atoms in total. The average molecular weight is 473 g/mol. The third-order valence-electron chi connectivity index (χ3n) is 5.64. The van der Waals surface area contributed by atoms with Gasteiger partial charge in [0.25, 0.3) is 5.91 Å². The lowest BCUT2D eigenvalue weighted by atomic mass is 9.99. The second kappa shape index (κ2) is 10.6. The molecule has 0 radical (unpaired) electrons. The third kappa shape index (κ3) is 4.73. The summed E-state index contributed by atoms with van der Waals surface area (Å²) in [6, 6.07) is 3.12. The molecule has 1 aliphatic rings. The summed E-state index contributed by atoms with van der Waals surface area (Å²) in [5.74, 6) is -0.587. The molecule has 2 amide bonds. The third-order valence-corrected chi connectivity index (χ3v) is 5.64. The van der Waals surface area contributed by atoms with E-state index in [2.05, 4.69) is 20.7 Å². The Labute approximate surface area is 195 Å². The van der Waals surface area contributed by atoms with Crippen LogP contribution in [0.4, 0.5) is 10.5 Å². The Kier molecular flexibility index (Phi) is 7.38. The molecule has 3 aromatic heterocycles. The van der Waals surface area contributed by atoms with Gasteiger partial charge >= 0.3 is 6.09 Å². The lowest BCUT2D eigenvalue weighted by molar-refractivity contribution is 0.00467. The fraction of sp³-hybridized carbons (Fsp3) is 0.500. The van der Waals surface area contributed by atoms with E-state index < -0.39 is 12.0 Å². The molecule has 1 fully saturated rings. The van der Waals surface area contributed by atoms with Crippen molar-refractivity contribution in [1.82, 2.24) is 25.7 Å². The van der Waals surface area contributed by atoms with Crippen LogP contribution in [0.1, 0.15) is 43.7 Å². The molecule has 4 rings (SSSR count). The predicted octanol–water partition coefficient (Wildman–Crippen LogP) is 2.87. The number of H-pyrrole nitrogens is 1. The minimum atomic E-state index is -0.582. The quantitative estimate of drug-likeness (QED) is 0.473. The number of nitrogens with zero attached hydrogens (tertiary/aromatic N) is 4. The number of nitrogens with one attached hydrogen (secondary N) is 2. The molecule has 0 aliphatic carbocycles. The monoisotopic (exact) mass is 472 g/mol. The molecule has 182 valence electrons. The number of pyridine rings is 1. The van der Waals surface area contributed by atoms with Gasteiger partial charge in [0, 0.05) is 19.8 Å². The molecule has 0 spiro atoms. The van der Waals surface area contributed by atoms with Crippen LogP contribution in [0, 0.1) is 0 Å². The Morgan fingerprint density at radius 1 is 1.29 bits per heavy atom. The maximum atomic E-state index is 13.3. The van der Waals surface area contributed by atoms with Gasteiger partial charge in [-0.3, -0.25) is 9.69 Å². The van der Waals surface area contributed by atoms with Gasteiger partial charge in [-0.25, -0.2) is 9.78 Å². The lowest BCUT2D eigenvalue weighted by Gasteiger charge is -2.36. The van der Waals surface area contributed by atoms with E-state index in [4.69, 9.17) is 23.6 Å². The number of methoxy groups -OCH3 is 1. The van der Waals surface area contributed by atoms with Crippen molar-refractivity contribution in [3.63, 3.8) is 0 Å². The maximum absolute atomic E-state index is 13.3. The van der Waals surface area contributed by atoms with Crippen molar-refractivity contribution in [2.24, 2.45) is 0 Å². The fourth-order valence-corrected chi connectivity index (χ4v) is 4.02. The summed E-state index contributed by atoms with van der Waals surface area (Å²) >= 11 is 0. The molecule has 0 aromatic carbocycles. The van der Waals surface area contributed by atoms with Gasteiger partial charge in [-0.2, -0.15) is 15.4 Å². The van der Waals surface area contributed by atoms with Gasteiger partial charge < -0.3 is 23.9 Å². The molecule has 2 N–H and O–H groups in total. The van der Waals surface area contributed by atoms with E-state index in [-0.39, 0.29) is 36.9 Å². The number of amides is 2. The Hall–Kier alpha value is -3.51. The highest BCUT2D eigenvalue weighted by molar-refractivity contribution is 6.10. The van der Waals surface area contributed by atoms with Gasteiger partial charge in [0.2, 0.25) is 5.76 Å². The summed E-state index contributed by atoms with van der Waals surface area (Å²) < 4.78 is 22.1. The van der Waals surface area contributed by atoms with E-state index >= 15 is 0 Å². The Balaban J connectivity index is 1.88. The first kappa shape index (κ1) is 23.6. The van der Waals surface area contributed by atoms with Crippen LogP contribution in [-0.2, 0) is 14.2 Å². The van der Waals surface area contributed by atoms with Gasteiger partial charge in [-0.05, 0) is 38.3 Å². The Morgan fingerprint density at radius 2 is 2.15 bits per heavy atom. The number of aromatic amines is 1. The highest BCUT2D eigenvalue weighted by Crippen LogP contribution is 2.38. The first-order valence-corrected chi connectivity index (χ1v) is 11.2. The van der Waals surface area contributed by atoms with Gasteiger partial charge in [-0.1, -0.05) is 6.92 Å². The van der Waals surface area contributed by atoms with Crippen molar-refractivity contribution in [3.05, 3.63) is 24.1 Å². The number of carbonyl (C=O) groups excluding carboxylic acids is 2. The van der Waals surface area contributed by atoms with Crippen LogP contribution in [0.15, 0.2) is 22.7 Å². The standard InChI is InChI=1S/C22H28N6O6/c1-4-14-10-13(8-9-33-14)28(22(30)32-5-2)19-18-17(34-20(19)21(29)23-12-31-3)7-6-15(25-18)16-11-24-27-26-16/h6-7,11,13-14H,4-5,8-10,12H2,1-3H3,(H,23,29)(H,24,26,27)/t13-,14-/m1/s1. The fourth-order valence-electron chi connectivity index (χ4n) is 4.02. The van der Waals surface area contributed by atoms with Crippen LogP contribution in [0.3, 0.4) is 0 Å². The molecule has 4 heterocycles. The number of fused-ring (bicyclic) bond motifs is 1. The molecule has 0 saturated carbocycles. The SMILES string of the molecule is CCOC(=O)N(c1c(C(=O)NCOC)oc2ccc(-c3cn[nH]n3)nc12)[C@@H]1CCO[C@H](CC)C1. The number of hydrogen-bond donors (Lipinski definition) is 2. The van der Waals surface area contributed by atoms with E-state index in [9.17, 15) is 9.59 Å². The zero-order chi connectivity index (χ0) is 24.1. The first-order chi connectivity index (χ1) is 16.6. The zero-order valence-corrected chi connectivity index (χ0v) is 19.4. The summed E-state index contributed by atoms with van der Waals surface area (Å²) in [6.45, 7) is 4.40. The van der Waals surface area contributed by atoms with Crippen LogP contribution < -0.4 is 10.2 Å². The summed E-state index contributed by atoms with van der Waals surface area (Å²) in [4.78, 5) is 32.5. The minimum absolute atomic E-state index is 0.0155. The van der Waals surface area contributed by atoms with Crippen LogP contribution in [-0.4, -0.2) is 71.6 Å². The molecule has 12 heteroatoms. The van der Waals surface area contributed by atoms with Crippen molar-refractivity contribution in [3.8, 4) is 11.4 Å². The van der Waals surface area contributed by atoms with Crippen molar-refractivity contribution in [2.75, 3.05) is 32.0 Å². The predicted molar refractivity (Wildman–Crippen MR) is 121 cm³/mol. The number of aromatic nitrogens is 4. The van der Waals surface area contributed by atoms with Gasteiger partial charge in [0.15, 0.2) is 5.58 Å². The van der Waals surface area contributed by atoms with Crippen molar-refractivity contribution in [1.29, 1.82) is 0 Å². The molecule has 0 bridgehead atoms. The average Bonchev–Trinajstić information content (AvgIpc) is 3.52. The van der Waals surface area contributed by atoms with Crippen LogP contribution in [0.2, 0.25) is 0 Å². The smallest absolute Gasteiger partial charge is 0.414 e. The lowest BCUT2D eigenvalue weighted by Crippen LogP contribution is -2.47. The topological polar surface area (TPSA) is 145 Å². The molecule has 3 aromatic rings. The number of ether oxygens (including phenoxy) is 3. The van der Waals surface area contributed by atoms with E-state index in [1.54, 1.807) is 19.1 Å². The van der Waals surface area contributed by atoms with E-state index in [0.29, 0.717) is 41.9 Å². The highest BCUT2D eigenvalue weighted by atomic mass is 16.6. The highest BCUT2D eigenvalue weighted by Gasteiger charge is 2.38. The van der Waals surface area contributed by atoms with Crippen molar-refractivity contribution >= 4 is 28.8 Å². The Bertz CT molecular complexity index is 1130. The van der Waals surface area contributed by atoms with Gasteiger partial charge in [-0.15, -0.1) is 0 Å². The number of rotatable bonds is 8.